The van der Waals surface area contributed by atoms with Crippen LogP contribution in [0.15, 0.2) is 24.3 Å². The van der Waals surface area contributed by atoms with Gasteiger partial charge in [0.15, 0.2) is 0 Å². The summed E-state index contributed by atoms with van der Waals surface area (Å²) in [6.45, 7) is 1.77. The molecule has 88 valence electrons. The smallest absolute Gasteiger partial charge is 0.284 e. The van der Waals surface area contributed by atoms with E-state index in [1.54, 1.807) is 19.1 Å². The minimum atomic E-state index is -4.99. The second kappa shape index (κ2) is 4.98. The number of hydrogen-bond donors (Lipinski definition) is 0. The predicted molar refractivity (Wildman–Crippen MR) is 48.4 cm³/mol. The Morgan fingerprint density at radius 3 is 2.50 bits per heavy atom. The van der Waals surface area contributed by atoms with Crippen LogP contribution >= 0.6 is 0 Å². The Kier molecular flexibility index (Phi) is 3.89. The van der Waals surface area contributed by atoms with Crippen molar-refractivity contribution in [1.82, 2.24) is 0 Å². The van der Waals surface area contributed by atoms with Crippen LogP contribution in [-0.4, -0.2) is 12.3 Å². The number of halogens is 3. The molecule has 0 unspecified atom stereocenters. The highest BCUT2D eigenvalue weighted by molar-refractivity contribution is 5.90. The molecular formula is C10H9F3O3. The van der Waals surface area contributed by atoms with Crippen molar-refractivity contribution in [1.29, 1.82) is 0 Å². The van der Waals surface area contributed by atoms with Gasteiger partial charge in [0.2, 0.25) is 0 Å². The van der Waals surface area contributed by atoms with Gasteiger partial charge < -0.3 is 0 Å². The Balaban J connectivity index is 2.73. The molecule has 0 atom stereocenters. The summed E-state index contributed by atoms with van der Waals surface area (Å²) in [5, 5.41) is 0. The van der Waals surface area contributed by atoms with E-state index >= 15 is 0 Å². The van der Waals surface area contributed by atoms with E-state index in [0.29, 0.717) is 12.0 Å². The maximum atomic E-state index is 11.6. The lowest BCUT2D eigenvalue weighted by Gasteiger charge is -2.07. The van der Waals surface area contributed by atoms with Gasteiger partial charge in [-0.2, -0.15) is 0 Å². The van der Waals surface area contributed by atoms with E-state index in [4.69, 9.17) is 0 Å². The molecule has 0 amide bonds. The highest BCUT2D eigenvalue weighted by Gasteiger charge is 2.33. The fourth-order valence-corrected chi connectivity index (χ4v) is 1.16. The van der Waals surface area contributed by atoms with Crippen LogP contribution in [0, 0.1) is 0 Å². The lowest BCUT2D eigenvalue weighted by Crippen LogP contribution is -2.18. The summed E-state index contributed by atoms with van der Waals surface area (Å²) in [6.07, 6.45) is -4.48. The lowest BCUT2D eigenvalue weighted by atomic mass is 10.1. The first kappa shape index (κ1) is 12.5. The quantitative estimate of drug-likeness (QED) is 0.595. The molecule has 1 aromatic rings. The molecular weight excluding hydrogens is 225 g/mol. The van der Waals surface area contributed by atoms with Gasteiger partial charge in [0.05, 0.1) is 5.56 Å². The third kappa shape index (κ3) is 3.54. The minimum Gasteiger partial charge on any atom is -0.284 e. The third-order valence-electron chi connectivity index (χ3n) is 1.83. The van der Waals surface area contributed by atoms with E-state index in [-0.39, 0.29) is 5.56 Å². The summed E-state index contributed by atoms with van der Waals surface area (Å²) in [5.41, 5.74) is 0.660. The maximum Gasteiger partial charge on any atom is 0.558 e. The first-order chi connectivity index (χ1) is 7.44. The van der Waals surface area contributed by atoms with Crippen molar-refractivity contribution in [3.8, 4) is 0 Å². The van der Waals surface area contributed by atoms with Crippen LogP contribution in [0.4, 0.5) is 13.2 Å². The zero-order valence-corrected chi connectivity index (χ0v) is 8.38. The average Bonchev–Trinajstić information content (AvgIpc) is 2.25. The molecule has 0 bridgehead atoms. The van der Waals surface area contributed by atoms with E-state index < -0.39 is 12.3 Å². The zero-order valence-electron chi connectivity index (χ0n) is 8.38. The average molecular weight is 234 g/mol. The molecule has 6 heteroatoms. The SMILES string of the molecule is CCc1ccccc1C(=O)OOC(F)(F)F. The Hall–Kier alpha value is -1.56. The van der Waals surface area contributed by atoms with Crippen LogP contribution in [-0.2, 0) is 16.2 Å². The number of benzene rings is 1. The van der Waals surface area contributed by atoms with Gasteiger partial charge >= 0.3 is 12.3 Å². The number of aryl methyl sites for hydroxylation is 1. The van der Waals surface area contributed by atoms with Gasteiger partial charge in [-0.1, -0.05) is 30.0 Å². The summed E-state index contributed by atoms with van der Waals surface area (Å²) >= 11 is 0. The second-order valence-corrected chi connectivity index (χ2v) is 2.91. The zero-order chi connectivity index (χ0) is 12.2. The summed E-state index contributed by atoms with van der Waals surface area (Å²) in [6, 6.07) is 6.22. The minimum absolute atomic E-state index is 0.0641. The first-order valence-electron chi connectivity index (χ1n) is 4.48. The molecule has 0 aliphatic carbocycles. The topological polar surface area (TPSA) is 35.5 Å². The molecule has 0 aliphatic rings. The molecule has 0 saturated carbocycles. The third-order valence-corrected chi connectivity index (χ3v) is 1.83. The molecule has 16 heavy (non-hydrogen) atoms. The fraction of sp³-hybridized carbons (Fsp3) is 0.300. The predicted octanol–water partition coefficient (Wildman–Crippen LogP) is 2.86. The molecule has 0 aromatic heterocycles. The first-order valence-corrected chi connectivity index (χ1v) is 4.48. The van der Waals surface area contributed by atoms with Crippen LogP contribution in [0.25, 0.3) is 0 Å². The maximum absolute atomic E-state index is 11.6. The molecule has 0 N–H and O–H groups in total. The van der Waals surface area contributed by atoms with Crippen molar-refractivity contribution >= 4 is 5.97 Å². The van der Waals surface area contributed by atoms with Gasteiger partial charge in [-0.05, 0) is 18.1 Å². The summed E-state index contributed by atoms with van der Waals surface area (Å²) < 4.78 is 34.8. The largest absolute Gasteiger partial charge is 0.558 e. The van der Waals surface area contributed by atoms with E-state index in [1.165, 1.54) is 12.1 Å². The van der Waals surface area contributed by atoms with Gasteiger partial charge in [0.1, 0.15) is 0 Å². The van der Waals surface area contributed by atoms with Crippen LogP contribution < -0.4 is 0 Å². The van der Waals surface area contributed by atoms with Gasteiger partial charge in [-0.3, -0.25) is 4.89 Å². The van der Waals surface area contributed by atoms with Crippen molar-refractivity contribution in [2.24, 2.45) is 0 Å². The monoisotopic (exact) mass is 234 g/mol. The second-order valence-electron chi connectivity index (χ2n) is 2.91. The molecule has 1 rings (SSSR count). The molecule has 0 aliphatic heterocycles. The van der Waals surface area contributed by atoms with E-state index in [2.05, 4.69) is 9.78 Å². The molecule has 0 heterocycles. The van der Waals surface area contributed by atoms with Gasteiger partial charge in [-0.15, -0.1) is 13.2 Å². The van der Waals surface area contributed by atoms with Crippen molar-refractivity contribution in [3.63, 3.8) is 0 Å². The standard InChI is InChI=1S/C10H9F3O3/c1-2-7-5-3-4-6-8(7)9(14)15-16-10(11,12)13/h3-6H,2H2,1H3. The van der Waals surface area contributed by atoms with Crippen molar-refractivity contribution in [2.75, 3.05) is 0 Å². The van der Waals surface area contributed by atoms with Gasteiger partial charge in [0.25, 0.3) is 0 Å². The fourth-order valence-electron chi connectivity index (χ4n) is 1.16. The van der Waals surface area contributed by atoms with Gasteiger partial charge in [-0.25, -0.2) is 4.79 Å². The number of rotatable bonds is 3. The number of alkyl halides is 3. The van der Waals surface area contributed by atoms with Crippen molar-refractivity contribution < 1.29 is 27.7 Å². The van der Waals surface area contributed by atoms with Crippen molar-refractivity contribution in [3.05, 3.63) is 35.4 Å². The number of hydrogen-bond acceptors (Lipinski definition) is 3. The Morgan fingerprint density at radius 2 is 1.94 bits per heavy atom. The Bertz CT molecular complexity index is 374. The Labute approximate surface area is 89.7 Å². The summed E-state index contributed by atoms with van der Waals surface area (Å²) in [7, 11) is 0. The van der Waals surface area contributed by atoms with E-state index in [9.17, 15) is 18.0 Å². The summed E-state index contributed by atoms with van der Waals surface area (Å²) in [5.74, 6) is -1.16. The van der Waals surface area contributed by atoms with Crippen LogP contribution in [0.2, 0.25) is 0 Å². The molecule has 1 aromatic carbocycles. The number of carbonyl (C=O) groups excluding carboxylic acids is 1. The normalized spacial score (nSPS) is 11.2. The highest BCUT2D eigenvalue weighted by atomic mass is 19.4. The van der Waals surface area contributed by atoms with E-state index in [1.807, 2.05) is 0 Å². The highest BCUT2D eigenvalue weighted by Crippen LogP contribution is 2.18. The summed E-state index contributed by atoms with van der Waals surface area (Å²) in [4.78, 5) is 17.9. The van der Waals surface area contributed by atoms with Crippen LogP contribution in [0.3, 0.4) is 0 Å². The van der Waals surface area contributed by atoms with Crippen LogP contribution in [0.1, 0.15) is 22.8 Å². The lowest BCUT2D eigenvalue weighted by molar-refractivity contribution is -0.457. The molecule has 0 spiro atoms. The van der Waals surface area contributed by atoms with Crippen molar-refractivity contribution in [2.45, 2.75) is 19.7 Å². The molecule has 0 saturated heterocycles. The van der Waals surface area contributed by atoms with Crippen LogP contribution in [0.5, 0.6) is 0 Å². The van der Waals surface area contributed by atoms with Gasteiger partial charge in [0, 0.05) is 0 Å². The molecule has 3 nitrogen and oxygen atoms in total. The van der Waals surface area contributed by atoms with E-state index in [0.717, 1.165) is 0 Å². The Morgan fingerprint density at radius 1 is 1.31 bits per heavy atom. The molecule has 0 radical (unpaired) electrons. The number of carbonyl (C=O) groups is 1. The molecule has 0 fully saturated rings.